The van der Waals surface area contributed by atoms with E-state index >= 15 is 0 Å². The largest absolute Gasteiger partial charge is 0.349 e. The monoisotopic (exact) mass is 291 g/mol. The Balaban J connectivity index is 2.25. The van der Waals surface area contributed by atoms with Gasteiger partial charge in [0.1, 0.15) is 5.82 Å². The minimum absolute atomic E-state index is 0.00454. The van der Waals surface area contributed by atoms with Crippen LogP contribution in [0, 0.1) is 5.82 Å². The van der Waals surface area contributed by atoms with Gasteiger partial charge in [-0.3, -0.25) is 4.79 Å². The number of amides is 1. The molecule has 0 spiro atoms. The molecule has 0 heterocycles. The molecule has 1 saturated carbocycles. The maximum Gasteiger partial charge on any atom is 0.254 e. The van der Waals surface area contributed by atoms with Gasteiger partial charge in [-0.2, -0.15) is 0 Å². The number of carbonyl (C=O) groups is 1. The van der Waals surface area contributed by atoms with Gasteiger partial charge in [-0.25, -0.2) is 4.39 Å². The van der Waals surface area contributed by atoms with Crippen LogP contribution in [0.15, 0.2) is 16.6 Å². The summed E-state index contributed by atoms with van der Waals surface area (Å²) in [6, 6.07) is 2.74. The van der Waals surface area contributed by atoms with Crippen molar-refractivity contribution in [2.45, 2.75) is 18.9 Å². The smallest absolute Gasteiger partial charge is 0.254 e. The van der Waals surface area contributed by atoms with Gasteiger partial charge in [-0.15, -0.1) is 0 Å². The van der Waals surface area contributed by atoms with E-state index in [4.69, 9.17) is 11.6 Å². The summed E-state index contributed by atoms with van der Waals surface area (Å²) in [5, 5.41) is 3.04. The van der Waals surface area contributed by atoms with Crippen molar-refractivity contribution in [1.82, 2.24) is 5.32 Å². The summed E-state index contributed by atoms with van der Waals surface area (Å²) in [5.41, 5.74) is -0.00454. The molecule has 0 atom stereocenters. The standard InChI is InChI=1S/C10H8BrClFNO/c11-7-4-9(13)6(3-8(7)12)10(15)14-5-1-2-5/h3-5H,1-2H2,(H,14,15). The number of nitrogens with one attached hydrogen (secondary N) is 1. The summed E-state index contributed by atoms with van der Waals surface area (Å²) in [7, 11) is 0. The van der Waals surface area contributed by atoms with E-state index in [0.29, 0.717) is 9.50 Å². The quantitative estimate of drug-likeness (QED) is 0.834. The predicted octanol–water partition coefficient (Wildman–Crippen LogP) is 3.13. The van der Waals surface area contributed by atoms with Gasteiger partial charge in [0.05, 0.1) is 10.6 Å². The van der Waals surface area contributed by atoms with Crippen LogP contribution in [0.4, 0.5) is 4.39 Å². The first kappa shape index (κ1) is 10.9. The molecule has 15 heavy (non-hydrogen) atoms. The number of hydrogen-bond acceptors (Lipinski definition) is 1. The van der Waals surface area contributed by atoms with Crippen molar-refractivity contribution < 1.29 is 9.18 Å². The summed E-state index contributed by atoms with van der Waals surface area (Å²) in [6.45, 7) is 0. The van der Waals surface area contributed by atoms with E-state index in [1.54, 1.807) is 0 Å². The minimum Gasteiger partial charge on any atom is -0.349 e. The van der Waals surface area contributed by atoms with Crippen molar-refractivity contribution in [2.75, 3.05) is 0 Å². The van der Waals surface area contributed by atoms with Crippen molar-refractivity contribution in [2.24, 2.45) is 0 Å². The Morgan fingerprint density at radius 2 is 2.20 bits per heavy atom. The number of hydrogen-bond donors (Lipinski definition) is 1. The maximum absolute atomic E-state index is 13.4. The van der Waals surface area contributed by atoms with Crippen LogP contribution >= 0.6 is 27.5 Å². The van der Waals surface area contributed by atoms with Crippen LogP contribution in [0.25, 0.3) is 0 Å². The summed E-state index contributed by atoms with van der Waals surface area (Å²) < 4.78 is 13.9. The fourth-order valence-corrected chi connectivity index (χ4v) is 1.67. The molecule has 1 N–H and O–H groups in total. The molecular weight excluding hydrogens is 284 g/mol. The zero-order valence-corrected chi connectivity index (χ0v) is 10.0. The molecule has 1 aromatic carbocycles. The van der Waals surface area contributed by atoms with Crippen molar-refractivity contribution in [3.05, 3.63) is 33.0 Å². The van der Waals surface area contributed by atoms with E-state index in [9.17, 15) is 9.18 Å². The van der Waals surface area contributed by atoms with E-state index < -0.39 is 11.7 Å². The normalized spacial score (nSPS) is 15.1. The highest BCUT2D eigenvalue weighted by molar-refractivity contribution is 9.10. The summed E-state index contributed by atoms with van der Waals surface area (Å²) in [4.78, 5) is 11.6. The van der Waals surface area contributed by atoms with Crippen LogP contribution in [0.2, 0.25) is 5.02 Å². The van der Waals surface area contributed by atoms with E-state index in [0.717, 1.165) is 12.8 Å². The van der Waals surface area contributed by atoms with Crippen molar-refractivity contribution in [3.8, 4) is 0 Å². The van der Waals surface area contributed by atoms with Gasteiger partial charge in [0.25, 0.3) is 5.91 Å². The van der Waals surface area contributed by atoms with Crippen LogP contribution in [-0.4, -0.2) is 11.9 Å². The highest BCUT2D eigenvalue weighted by atomic mass is 79.9. The molecule has 1 aromatic rings. The van der Waals surface area contributed by atoms with Gasteiger partial charge in [0, 0.05) is 10.5 Å². The third kappa shape index (κ3) is 2.49. The zero-order chi connectivity index (χ0) is 11.0. The van der Waals surface area contributed by atoms with Gasteiger partial charge < -0.3 is 5.32 Å². The molecule has 0 radical (unpaired) electrons. The Morgan fingerprint density at radius 3 is 2.80 bits per heavy atom. The van der Waals surface area contributed by atoms with Gasteiger partial charge in [0.15, 0.2) is 0 Å². The second-order valence-corrected chi connectivity index (χ2v) is 4.76. The first-order chi connectivity index (χ1) is 7.08. The number of benzene rings is 1. The molecule has 5 heteroatoms. The van der Waals surface area contributed by atoms with Gasteiger partial charge in [-0.1, -0.05) is 11.6 Å². The Kier molecular flexibility index (Phi) is 2.98. The van der Waals surface area contributed by atoms with Crippen LogP contribution in [0.3, 0.4) is 0 Å². The van der Waals surface area contributed by atoms with E-state index in [2.05, 4.69) is 21.2 Å². The molecule has 2 rings (SSSR count). The summed E-state index contributed by atoms with van der Waals surface area (Å²) in [6.07, 6.45) is 1.94. The SMILES string of the molecule is O=C(NC1CC1)c1cc(Cl)c(Br)cc1F. The van der Waals surface area contributed by atoms with Crippen LogP contribution < -0.4 is 5.32 Å². The number of rotatable bonds is 2. The molecular formula is C10H8BrClFNO. The highest BCUT2D eigenvalue weighted by Crippen LogP contribution is 2.26. The van der Waals surface area contributed by atoms with E-state index in [1.807, 2.05) is 0 Å². The Bertz CT molecular complexity index is 420. The van der Waals surface area contributed by atoms with Gasteiger partial charge >= 0.3 is 0 Å². The first-order valence-corrected chi connectivity index (χ1v) is 5.70. The first-order valence-electron chi connectivity index (χ1n) is 4.53. The summed E-state index contributed by atoms with van der Waals surface area (Å²) >= 11 is 8.88. The van der Waals surface area contributed by atoms with Gasteiger partial charge in [-0.05, 0) is 40.9 Å². The van der Waals surface area contributed by atoms with Crippen molar-refractivity contribution in [1.29, 1.82) is 0 Å². The lowest BCUT2D eigenvalue weighted by molar-refractivity contribution is 0.0947. The van der Waals surface area contributed by atoms with E-state index in [1.165, 1.54) is 12.1 Å². The number of carbonyl (C=O) groups excluding carboxylic acids is 1. The van der Waals surface area contributed by atoms with Crippen LogP contribution in [-0.2, 0) is 0 Å². The average molecular weight is 293 g/mol. The molecule has 0 unspecified atom stereocenters. The Labute approximate surface area is 99.9 Å². The lowest BCUT2D eigenvalue weighted by Gasteiger charge is -2.05. The zero-order valence-electron chi connectivity index (χ0n) is 7.69. The average Bonchev–Trinajstić information content (AvgIpc) is 2.95. The molecule has 1 fully saturated rings. The second kappa shape index (κ2) is 4.10. The Morgan fingerprint density at radius 1 is 1.53 bits per heavy atom. The topological polar surface area (TPSA) is 29.1 Å². The molecule has 0 saturated heterocycles. The van der Waals surface area contributed by atoms with Crippen molar-refractivity contribution in [3.63, 3.8) is 0 Å². The van der Waals surface area contributed by atoms with E-state index in [-0.39, 0.29) is 11.6 Å². The molecule has 1 aliphatic carbocycles. The Hall–Kier alpha value is -0.610. The number of halogens is 3. The molecule has 2 nitrogen and oxygen atoms in total. The fraction of sp³-hybridized carbons (Fsp3) is 0.300. The predicted molar refractivity (Wildman–Crippen MR) is 59.6 cm³/mol. The lowest BCUT2D eigenvalue weighted by Crippen LogP contribution is -2.26. The molecule has 1 aliphatic rings. The molecule has 80 valence electrons. The minimum atomic E-state index is -0.565. The van der Waals surface area contributed by atoms with Crippen LogP contribution in [0.1, 0.15) is 23.2 Å². The molecule has 0 aliphatic heterocycles. The van der Waals surface area contributed by atoms with Crippen LogP contribution in [0.5, 0.6) is 0 Å². The molecule has 0 bridgehead atoms. The third-order valence-electron chi connectivity index (χ3n) is 2.17. The summed E-state index contributed by atoms with van der Waals surface area (Å²) in [5.74, 6) is -0.964. The molecule has 1 amide bonds. The van der Waals surface area contributed by atoms with Crippen molar-refractivity contribution >= 4 is 33.4 Å². The highest BCUT2D eigenvalue weighted by Gasteiger charge is 2.25. The third-order valence-corrected chi connectivity index (χ3v) is 3.36. The fourth-order valence-electron chi connectivity index (χ4n) is 1.19. The maximum atomic E-state index is 13.4. The van der Waals surface area contributed by atoms with Gasteiger partial charge in [0.2, 0.25) is 0 Å². The second-order valence-electron chi connectivity index (χ2n) is 3.49. The molecule has 0 aromatic heterocycles. The lowest BCUT2D eigenvalue weighted by atomic mass is 10.2.